The van der Waals surface area contributed by atoms with Crippen LogP contribution in [0.1, 0.15) is 11.1 Å². The quantitative estimate of drug-likeness (QED) is 0.846. The number of rotatable bonds is 4. The molecule has 0 atom stereocenters. The lowest BCUT2D eigenvalue weighted by Gasteiger charge is -2.09. The minimum Gasteiger partial charge on any atom is -0.495 e. The largest absolute Gasteiger partial charge is 0.495 e. The molecule has 2 aromatic carbocycles. The summed E-state index contributed by atoms with van der Waals surface area (Å²) in [6.07, 6.45) is 0. The van der Waals surface area contributed by atoms with Crippen molar-refractivity contribution in [1.82, 2.24) is 0 Å². The summed E-state index contributed by atoms with van der Waals surface area (Å²) in [6.45, 7) is 0.173. The van der Waals surface area contributed by atoms with Crippen LogP contribution in [-0.4, -0.2) is 7.11 Å². The first kappa shape index (κ1) is 14.4. The van der Waals surface area contributed by atoms with Crippen LogP contribution in [0.4, 0.5) is 4.39 Å². The summed E-state index contributed by atoms with van der Waals surface area (Å²) < 4.78 is 24.7. The fourth-order valence-corrected chi connectivity index (χ4v) is 2.02. The molecule has 0 saturated heterocycles. The third-order valence-electron chi connectivity index (χ3n) is 2.67. The third-order valence-corrected chi connectivity index (χ3v) is 3.17. The standard InChI is InChI=1S/C15H11BrFNO2/c1-19-14-5-2-10(6-11(14)8-18)9-20-15-7-12(16)3-4-13(15)17/h2-7H,9H2,1H3. The van der Waals surface area contributed by atoms with Gasteiger partial charge in [0.25, 0.3) is 0 Å². The van der Waals surface area contributed by atoms with E-state index in [0.717, 1.165) is 10.0 Å². The number of methoxy groups -OCH3 is 1. The van der Waals surface area contributed by atoms with E-state index in [-0.39, 0.29) is 12.4 Å². The zero-order valence-electron chi connectivity index (χ0n) is 10.7. The Bertz CT molecular complexity index is 667. The highest BCUT2D eigenvalue weighted by Gasteiger charge is 2.07. The van der Waals surface area contributed by atoms with E-state index in [2.05, 4.69) is 15.9 Å². The third kappa shape index (κ3) is 3.28. The van der Waals surface area contributed by atoms with Crippen molar-refractivity contribution < 1.29 is 13.9 Å². The Balaban J connectivity index is 2.15. The van der Waals surface area contributed by atoms with Gasteiger partial charge in [0.15, 0.2) is 11.6 Å². The van der Waals surface area contributed by atoms with Crippen LogP contribution in [-0.2, 0) is 6.61 Å². The molecule has 0 amide bonds. The molecule has 0 fully saturated rings. The number of nitrogens with zero attached hydrogens (tertiary/aromatic N) is 1. The van der Waals surface area contributed by atoms with Crippen molar-refractivity contribution in [3.63, 3.8) is 0 Å². The number of hydrogen-bond acceptors (Lipinski definition) is 3. The van der Waals surface area contributed by atoms with Gasteiger partial charge in [-0.25, -0.2) is 4.39 Å². The minimum absolute atomic E-state index is 0.161. The van der Waals surface area contributed by atoms with Crippen LogP contribution in [0.2, 0.25) is 0 Å². The van der Waals surface area contributed by atoms with Gasteiger partial charge < -0.3 is 9.47 Å². The SMILES string of the molecule is COc1ccc(COc2cc(Br)ccc2F)cc1C#N. The Morgan fingerprint density at radius 2 is 2.00 bits per heavy atom. The number of ether oxygens (including phenoxy) is 2. The molecule has 2 rings (SSSR count). The smallest absolute Gasteiger partial charge is 0.165 e. The number of hydrogen-bond donors (Lipinski definition) is 0. The molecule has 102 valence electrons. The highest BCUT2D eigenvalue weighted by Crippen LogP contribution is 2.24. The fraction of sp³-hybridized carbons (Fsp3) is 0.133. The van der Waals surface area contributed by atoms with Gasteiger partial charge in [-0.3, -0.25) is 0 Å². The zero-order valence-corrected chi connectivity index (χ0v) is 12.3. The van der Waals surface area contributed by atoms with Gasteiger partial charge in [-0.1, -0.05) is 22.0 Å². The Labute approximate surface area is 124 Å². The molecule has 2 aromatic rings. The summed E-state index contributed by atoms with van der Waals surface area (Å²) in [5.74, 6) is 0.237. The van der Waals surface area contributed by atoms with Gasteiger partial charge in [0, 0.05) is 4.47 Å². The molecule has 0 spiro atoms. The second kappa shape index (κ2) is 6.40. The van der Waals surface area contributed by atoms with Crippen LogP contribution in [0.3, 0.4) is 0 Å². The molecule has 0 aliphatic carbocycles. The molecule has 0 saturated carbocycles. The Morgan fingerprint density at radius 1 is 1.20 bits per heavy atom. The van der Waals surface area contributed by atoms with Gasteiger partial charge in [0.05, 0.1) is 12.7 Å². The van der Waals surface area contributed by atoms with Crippen LogP contribution in [0.25, 0.3) is 0 Å². The van der Waals surface area contributed by atoms with E-state index in [9.17, 15) is 4.39 Å². The van der Waals surface area contributed by atoms with Crippen LogP contribution in [0.15, 0.2) is 40.9 Å². The second-order valence-corrected chi connectivity index (χ2v) is 4.93. The summed E-state index contributed by atoms with van der Waals surface area (Å²) in [5.41, 5.74) is 1.19. The van der Waals surface area contributed by atoms with E-state index >= 15 is 0 Å². The average molecular weight is 336 g/mol. The molecule has 0 bridgehead atoms. The maximum atomic E-state index is 13.5. The monoisotopic (exact) mass is 335 g/mol. The topological polar surface area (TPSA) is 42.2 Å². The van der Waals surface area contributed by atoms with Crippen molar-refractivity contribution in [2.24, 2.45) is 0 Å². The molecule has 5 heteroatoms. The van der Waals surface area contributed by atoms with Gasteiger partial charge in [-0.2, -0.15) is 5.26 Å². The van der Waals surface area contributed by atoms with Gasteiger partial charge in [0.2, 0.25) is 0 Å². The van der Waals surface area contributed by atoms with Gasteiger partial charge in [-0.05, 0) is 35.9 Å². The number of nitriles is 1. The second-order valence-electron chi connectivity index (χ2n) is 4.01. The van der Waals surface area contributed by atoms with Crippen molar-refractivity contribution in [3.05, 3.63) is 57.8 Å². The lowest BCUT2D eigenvalue weighted by atomic mass is 10.1. The Morgan fingerprint density at radius 3 is 2.70 bits per heavy atom. The van der Waals surface area contributed by atoms with Crippen molar-refractivity contribution in [2.45, 2.75) is 6.61 Å². The molecule has 0 aromatic heterocycles. The van der Waals surface area contributed by atoms with E-state index < -0.39 is 5.82 Å². The summed E-state index contributed by atoms with van der Waals surface area (Å²) in [6, 6.07) is 11.7. The highest BCUT2D eigenvalue weighted by atomic mass is 79.9. The van der Waals surface area contributed by atoms with E-state index in [1.165, 1.54) is 13.2 Å². The molecule has 0 unspecified atom stereocenters. The van der Waals surface area contributed by atoms with Crippen molar-refractivity contribution in [2.75, 3.05) is 7.11 Å². The van der Waals surface area contributed by atoms with Crippen molar-refractivity contribution in [3.8, 4) is 17.6 Å². The molecular weight excluding hydrogens is 325 g/mol. The molecule has 0 aliphatic rings. The molecule has 0 radical (unpaired) electrons. The summed E-state index contributed by atoms with van der Waals surface area (Å²) >= 11 is 3.26. The van der Waals surface area contributed by atoms with E-state index in [1.54, 1.807) is 30.3 Å². The average Bonchev–Trinajstić information content (AvgIpc) is 2.47. The van der Waals surface area contributed by atoms with E-state index in [4.69, 9.17) is 14.7 Å². The van der Waals surface area contributed by atoms with Crippen molar-refractivity contribution in [1.29, 1.82) is 5.26 Å². The first-order valence-electron chi connectivity index (χ1n) is 5.79. The highest BCUT2D eigenvalue weighted by molar-refractivity contribution is 9.10. The van der Waals surface area contributed by atoms with Crippen LogP contribution < -0.4 is 9.47 Å². The summed E-state index contributed by atoms with van der Waals surface area (Å²) in [7, 11) is 1.50. The van der Waals surface area contributed by atoms with Gasteiger partial charge in [0.1, 0.15) is 18.4 Å². The minimum atomic E-state index is -0.429. The fourth-order valence-electron chi connectivity index (χ4n) is 1.68. The lowest BCUT2D eigenvalue weighted by Crippen LogP contribution is -1.99. The number of benzene rings is 2. The van der Waals surface area contributed by atoms with Crippen LogP contribution >= 0.6 is 15.9 Å². The maximum Gasteiger partial charge on any atom is 0.165 e. The lowest BCUT2D eigenvalue weighted by molar-refractivity contribution is 0.290. The maximum absolute atomic E-state index is 13.5. The Hall–Kier alpha value is -2.06. The zero-order chi connectivity index (χ0) is 14.5. The predicted octanol–water partition coefficient (Wildman–Crippen LogP) is 4.05. The molecule has 20 heavy (non-hydrogen) atoms. The van der Waals surface area contributed by atoms with E-state index in [0.29, 0.717) is 11.3 Å². The molecule has 3 nitrogen and oxygen atoms in total. The van der Waals surface area contributed by atoms with Gasteiger partial charge in [-0.15, -0.1) is 0 Å². The molecule has 0 heterocycles. The number of halogens is 2. The summed E-state index contributed by atoms with van der Waals surface area (Å²) in [5, 5.41) is 9.00. The van der Waals surface area contributed by atoms with Gasteiger partial charge >= 0.3 is 0 Å². The molecule has 0 N–H and O–H groups in total. The predicted molar refractivity (Wildman–Crippen MR) is 76.1 cm³/mol. The molecular formula is C15H11BrFNO2. The summed E-state index contributed by atoms with van der Waals surface area (Å²) in [4.78, 5) is 0. The first-order valence-corrected chi connectivity index (χ1v) is 6.58. The Kier molecular flexibility index (Phi) is 4.59. The first-order chi connectivity index (χ1) is 9.63. The normalized spacial score (nSPS) is 9.90. The van der Waals surface area contributed by atoms with Crippen LogP contribution in [0.5, 0.6) is 11.5 Å². The van der Waals surface area contributed by atoms with Crippen LogP contribution in [0, 0.1) is 17.1 Å². The molecule has 0 aliphatic heterocycles. The van der Waals surface area contributed by atoms with E-state index in [1.807, 2.05) is 6.07 Å². The van der Waals surface area contributed by atoms with Crippen molar-refractivity contribution >= 4 is 15.9 Å².